The molecule has 0 N–H and O–H groups in total. The van der Waals surface area contributed by atoms with Gasteiger partial charge in [-0.15, -0.1) is 0 Å². The van der Waals surface area contributed by atoms with Gasteiger partial charge in [-0.3, -0.25) is 0 Å². The van der Waals surface area contributed by atoms with Crippen LogP contribution in [0.4, 0.5) is 0 Å². The van der Waals surface area contributed by atoms with Gasteiger partial charge in [-0.2, -0.15) is 0 Å². The number of rotatable bonds is 12. The Kier molecular flexibility index (Phi) is 12.3. The van der Waals surface area contributed by atoms with Gasteiger partial charge in [0.2, 0.25) is 0 Å². The molecular formula is C19H43InN4. The van der Waals surface area contributed by atoms with Gasteiger partial charge < -0.3 is 0 Å². The number of nitrogens with zero attached hydrogens (tertiary/aromatic N) is 4. The minimum atomic E-state index is -0.722. The zero-order valence-electron chi connectivity index (χ0n) is 17.4. The van der Waals surface area contributed by atoms with Crippen molar-refractivity contribution >= 4 is 23.2 Å². The Morgan fingerprint density at radius 2 is 1.29 bits per heavy atom. The molecule has 1 aliphatic heterocycles. The van der Waals surface area contributed by atoms with Crippen molar-refractivity contribution in [2.75, 3.05) is 56.7 Å². The third-order valence-corrected chi connectivity index (χ3v) is 12.0. The average molecular weight is 442 g/mol. The third-order valence-electron chi connectivity index (χ3n) is 6.06. The second-order valence-corrected chi connectivity index (χ2v) is 12.5. The number of hydrogen-bond donors (Lipinski definition) is 0. The fourth-order valence-corrected chi connectivity index (χ4v) is 9.13. The second-order valence-electron chi connectivity index (χ2n) is 7.40. The molecule has 0 spiro atoms. The van der Waals surface area contributed by atoms with Crippen LogP contribution in [0.1, 0.15) is 54.4 Å². The van der Waals surface area contributed by atoms with E-state index in [-0.39, 0.29) is 0 Å². The van der Waals surface area contributed by atoms with Crippen molar-refractivity contribution in [3.8, 4) is 0 Å². The number of hydrogen-bond acceptors (Lipinski definition) is 4. The molecule has 1 fully saturated rings. The molecular weight excluding hydrogens is 399 g/mol. The van der Waals surface area contributed by atoms with Crippen LogP contribution in [-0.4, -0.2) is 110 Å². The molecule has 24 heavy (non-hydrogen) atoms. The van der Waals surface area contributed by atoms with Crippen LogP contribution < -0.4 is 0 Å². The first-order valence-electron chi connectivity index (χ1n) is 10.5. The molecule has 2 unspecified atom stereocenters. The third kappa shape index (κ3) is 7.94. The van der Waals surface area contributed by atoms with E-state index in [0.29, 0.717) is 0 Å². The van der Waals surface area contributed by atoms with Gasteiger partial charge >= 0.3 is 164 Å². The Balaban J connectivity index is 2.20. The monoisotopic (exact) mass is 442 g/mol. The fourth-order valence-electron chi connectivity index (χ4n) is 4.03. The Morgan fingerprint density at radius 1 is 0.792 bits per heavy atom. The summed E-state index contributed by atoms with van der Waals surface area (Å²) in [4.78, 5) is 7.95. The summed E-state index contributed by atoms with van der Waals surface area (Å²) < 4.78 is 4.35. The average Bonchev–Trinajstić information content (AvgIpc) is 2.61. The zero-order chi connectivity index (χ0) is 17.9. The van der Waals surface area contributed by atoms with E-state index in [1.54, 1.807) is 0 Å². The first-order valence-corrected chi connectivity index (χ1v) is 15.1. The van der Waals surface area contributed by atoms with E-state index in [1.165, 1.54) is 69.5 Å². The topological polar surface area (TPSA) is 13.0 Å². The van der Waals surface area contributed by atoms with Gasteiger partial charge in [0.15, 0.2) is 0 Å². The van der Waals surface area contributed by atoms with Crippen molar-refractivity contribution < 1.29 is 0 Å². The summed E-state index contributed by atoms with van der Waals surface area (Å²) in [7, 11) is 0. The predicted molar refractivity (Wildman–Crippen MR) is 109 cm³/mol. The van der Waals surface area contributed by atoms with E-state index in [0.717, 1.165) is 12.1 Å². The summed E-state index contributed by atoms with van der Waals surface area (Å²) in [6.07, 6.45) is 2.70. The second kappa shape index (κ2) is 13.0. The summed E-state index contributed by atoms with van der Waals surface area (Å²) in [6.45, 7) is 24.1. The van der Waals surface area contributed by atoms with Gasteiger partial charge in [-0.05, 0) is 0 Å². The van der Waals surface area contributed by atoms with Crippen LogP contribution in [-0.2, 0) is 0 Å². The first kappa shape index (κ1) is 22.8. The van der Waals surface area contributed by atoms with E-state index in [4.69, 9.17) is 0 Å². The van der Waals surface area contributed by atoms with Crippen molar-refractivity contribution in [1.82, 2.24) is 17.6 Å². The predicted octanol–water partition coefficient (Wildman–Crippen LogP) is 2.15. The van der Waals surface area contributed by atoms with E-state index in [9.17, 15) is 0 Å². The molecule has 0 aliphatic carbocycles. The van der Waals surface area contributed by atoms with Gasteiger partial charge in [-0.1, -0.05) is 0 Å². The van der Waals surface area contributed by atoms with Gasteiger partial charge in [-0.25, -0.2) is 0 Å². The minimum absolute atomic E-state index is 0.722. The van der Waals surface area contributed by atoms with Crippen LogP contribution in [0.25, 0.3) is 0 Å². The summed E-state index contributed by atoms with van der Waals surface area (Å²) in [6, 6.07) is 1.49. The summed E-state index contributed by atoms with van der Waals surface area (Å²) in [5.74, 6) is 0. The molecule has 0 aromatic heterocycles. The summed E-state index contributed by atoms with van der Waals surface area (Å²) in [5, 5.41) is 0. The SMILES string of the molecule is CCN(CC)C(C)CCN1CC[N](CCC(C)N(CC)CC)[InH][CH2]1. The molecule has 0 amide bonds. The molecule has 0 saturated carbocycles. The molecule has 5 heteroatoms. The van der Waals surface area contributed by atoms with E-state index < -0.39 is 23.2 Å². The van der Waals surface area contributed by atoms with Gasteiger partial charge in [0, 0.05) is 0 Å². The van der Waals surface area contributed by atoms with Crippen LogP contribution in [0, 0.1) is 0 Å². The van der Waals surface area contributed by atoms with Crippen molar-refractivity contribution in [2.24, 2.45) is 0 Å². The van der Waals surface area contributed by atoms with Crippen LogP contribution in [0.15, 0.2) is 0 Å². The molecule has 1 rings (SSSR count). The van der Waals surface area contributed by atoms with Gasteiger partial charge in [0.1, 0.15) is 0 Å². The Morgan fingerprint density at radius 3 is 1.71 bits per heavy atom. The standard InChI is InChI=1S/C19H42N4.In.H/c1-8-22(9-2)18(5)12-14-20-15-17-21(7)16-13-19(6)23(10-3)11-4;;/h18-19H,7-17H2,1-6H3;;/q-1;+1;. The van der Waals surface area contributed by atoms with E-state index >= 15 is 0 Å². The molecule has 4 nitrogen and oxygen atoms in total. The van der Waals surface area contributed by atoms with Crippen molar-refractivity contribution in [2.45, 2.75) is 66.5 Å². The Labute approximate surface area is 163 Å². The van der Waals surface area contributed by atoms with E-state index in [1.807, 2.05) is 0 Å². The molecule has 0 radical (unpaired) electrons. The molecule has 142 valence electrons. The Bertz CT molecular complexity index is 270. The first-order chi connectivity index (χ1) is 11.5. The zero-order valence-corrected chi connectivity index (χ0v) is 21.5. The maximum absolute atomic E-state index is 2.88. The van der Waals surface area contributed by atoms with Crippen molar-refractivity contribution in [3.63, 3.8) is 0 Å². The summed E-state index contributed by atoms with van der Waals surface area (Å²) >= 11 is -0.722. The molecule has 0 bridgehead atoms. The van der Waals surface area contributed by atoms with Crippen LogP contribution in [0.5, 0.6) is 0 Å². The Hall–Kier alpha value is 0.710. The molecule has 1 heterocycles. The van der Waals surface area contributed by atoms with Gasteiger partial charge in [0.05, 0.1) is 0 Å². The van der Waals surface area contributed by atoms with Crippen LogP contribution in [0.2, 0.25) is 0 Å². The molecule has 0 aromatic rings. The van der Waals surface area contributed by atoms with Crippen molar-refractivity contribution in [3.05, 3.63) is 0 Å². The molecule has 0 aromatic carbocycles. The van der Waals surface area contributed by atoms with Gasteiger partial charge in [0.25, 0.3) is 0 Å². The van der Waals surface area contributed by atoms with Crippen LogP contribution >= 0.6 is 0 Å². The molecule has 1 saturated heterocycles. The van der Waals surface area contributed by atoms with Crippen molar-refractivity contribution in [1.29, 1.82) is 0 Å². The van der Waals surface area contributed by atoms with E-state index in [2.05, 4.69) is 59.1 Å². The fraction of sp³-hybridized carbons (Fsp3) is 1.00. The molecule has 1 aliphatic rings. The van der Waals surface area contributed by atoms with Crippen LogP contribution in [0.3, 0.4) is 0 Å². The maximum atomic E-state index is 2.88. The normalized spacial score (nSPS) is 19.7. The molecule has 2 atom stereocenters. The summed E-state index contributed by atoms with van der Waals surface area (Å²) in [5.41, 5.74) is 0. The quantitative estimate of drug-likeness (QED) is 0.459.